The highest BCUT2D eigenvalue weighted by Crippen LogP contribution is 2.30. The molecule has 0 unspecified atom stereocenters. The van der Waals surface area contributed by atoms with Gasteiger partial charge in [0.1, 0.15) is 11.5 Å². The number of nitrogens with one attached hydrogen (secondary N) is 1. The second-order valence-corrected chi connectivity index (χ2v) is 6.85. The minimum atomic E-state index is -0.363. The molecule has 3 aromatic rings. The fourth-order valence-electron chi connectivity index (χ4n) is 2.52. The zero-order valence-electron chi connectivity index (χ0n) is 15.5. The predicted molar refractivity (Wildman–Crippen MR) is 110 cm³/mol. The van der Waals surface area contributed by atoms with E-state index in [-0.39, 0.29) is 5.91 Å². The number of thiazole rings is 1. The second-order valence-electron chi connectivity index (χ2n) is 5.82. The number of hydrogen-bond donors (Lipinski definition) is 2. The molecular formula is C20H20N4O3S. The number of rotatable bonds is 7. The third-order valence-electron chi connectivity index (χ3n) is 3.84. The van der Waals surface area contributed by atoms with E-state index in [1.807, 2.05) is 42.5 Å². The van der Waals surface area contributed by atoms with Crippen LogP contribution in [0, 0.1) is 6.92 Å². The molecule has 1 aromatic heterocycles. The average Bonchev–Trinajstić information content (AvgIpc) is 3.05. The largest absolute Gasteiger partial charge is 0.493 e. The summed E-state index contributed by atoms with van der Waals surface area (Å²) in [7, 11) is 1.57. The number of carbonyl (C=O) groups excluding carboxylic acids is 1. The molecule has 0 radical (unpaired) electrons. The van der Waals surface area contributed by atoms with Crippen molar-refractivity contribution in [1.29, 1.82) is 0 Å². The number of nitrogen functional groups attached to an aromatic ring is 1. The first kappa shape index (κ1) is 19.4. The maximum absolute atomic E-state index is 12.2. The number of nitrogens with zero attached hydrogens (tertiary/aromatic N) is 2. The Balaban J connectivity index is 1.74. The maximum atomic E-state index is 12.2. The molecule has 0 spiro atoms. The molecule has 1 heterocycles. The summed E-state index contributed by atoms with van der Waals surface area (Å²) in [6.07, 6.45) is 1.51. The molecule has 0 fully saturated rings. The van der Waals surface area contributed by atoms with Gasteiger partial charge in [0.05, 0.1) is 19.0 Å². The normalized spacial score (nSPS) is 10.8. The number of para-hydroxylation sites is 1. The first-order chi connectivity index (χ1) is 13.6. The third kappa shape index (κ3) is 4.66. The minimum Gasteiger partial charge on any atom is -0.493 e. The van der Waals surface area contributed by atoms with Crippen LogP contribution in [0.5, 0.6) is 11.5 Å². The molecular weight excluding hydrogens is 376 g/mol. The van der Waals surface area contributed by atoms with E-state index in [4.69, 9.17) is 15.2 Å². The van der Waals surface area contributed by atoms with Gasteiger partial charge in [0.15, 0.2) is 16.6 Å². The molecule has 0 saturated carbocycles. The van der Waals surface area contributed by atoms with E-state index in [0.29, 0.717) is 39.4 Å². The molecule has 0 aliphatic heterocycles. The van der Waals surface area contributed by atoms with Gasteiger partial charge in [-0.25, -0.2) is 10.4 Å². The van der Waals surface area contributed by atoms with Crippen molar-refractivity contribution in [3.05, 3.63) is 70.2 Å². The van der Waals surface area contributed by atoms with Gasteiger partial charge in [-0.2, -0.15) is 5.10 Å². The Morgan fingerprint density at radius 1 is 1.25 bits per heavy atom. The van der Waals surface area contributed by atoms with E-state index in [1.165, 1.54) is 6.21 Å². The summed E-state index contributed by atoms with van der Waals surface area (Å²) in [5.74, 6) is 0.764. The number of amides is 1. The SMILES string of the molecule is COc1cccc(C=NNC(=O)c2sc(N)nc2C)c1OCc1ccccc1. The van der Waals surface area contributed by atoms with Gasteiger partial charge in [0, 0.05) is 5.56 Å². The molecule has 0 saturated heterocycles. The van der Waals surface area contributed by atoms with Crippen LogP contribution in [0.15, 0.2) is 53.6 Å². The monoisotopic (exact) mass is 396 g/mol. The number of nitrogens with two attached hydrogens (primary N) is 1. The van der Waals surface area contributed by atoms with E-state index in [9.17, 15) is 4.79 Å². The molecule has 1 amide bonds. The molecule has 144 valence electrons. The first-order valence-electron chi connectivity index (χ1n) is 8.48. The van der Waals surface area contributed by atoms with Crippen LogP contribution in [0.1, 0.15) is 26.5 Å². The van der Waals surface area contributed by atoms with Gasteiger partial charge in [-0.05, 0) is 24.6 Å². The minimum absolute atomic E-state index is 0.344. The molecule has 3 rings (SSSR count). The van der Waals surface area contributed by atoms with Crippen LogP contribution in [0.25, 0.3) is 0 Å². The van der Waals surface area contributed by atoms with Crippen LogP contribution in [-0.2, 0) is 6.61 Å². The molecule has 0 aliphatic rings. The van der Waals surface area contributed by atoms with E-state index in [2.05, 4.69) is 15.5 Å². The van der Waals surface area contributed by atoms with Gasteiger partial charge in [0.2, 0.25) is 0 Å². The lowest BCUT2D eigenvalue weighted by Crippen LogP contribution is -2.17. The highest BCUT2D eigenvalue weighted by molar-refractivity contribution is 7.17. The number of aryl methyl sites for hydroxylation is 1. The van der Waals surface area contributed by atoms with Crippen molar-refractivity contribution < 1.29 is 14.3 Å². The number of aromatic nitrogens is 1. The highest BCUT2D eigenvalue weighted by Gasteiger charge is 2.14. The fraction of sp³-hybridized carbons (Fsp3) is 0.150. The van der Waals surface area contributed by atoms with E-state index in [1.54, 1.807) is 20.1 Å². The standard InChI is InChI=1S/C20H20N4O3S/c1-13-18(28-20(21)23-13)19(25)24-22-11-15-9-6-10-16(26-2)17(15)27-12-14-7-4-3-5-8-14/h3-11H,12H2,1-2H3,(H2,21,23)(H,24,25). The Hall–Kier alpha value is -3.39. The topological polar surface area (TPSA) is 98.8 Å². The fourth-order valence-corrected chi connectivity index (χ4v) is 3.24. The lowest BCUT2D eigenvalue weighted by atomic mass is 10.2. The zero-order chi connectivity index (χ0) is 19.9. The lowest BCUT2D eigenvalue weighted by Gasteiger charge is -2.13. The maximum Gasteiger partial charge on any atom is 0.283 e. The number of benzene rings is 2. The zero-order valence-corrected chi connectivity index (χ0v) is 16.3. The number of ether oxygens (including phenoxy) is 2. The third-order valence-corrected chi connectivity index (χ3v) is 4.83. The summed E-state index contributed by atoms with van der Waals surface area (Å²) in [5, 5.41) is 4.38. The van der Waals surface area contributed by atoms with E-state index in [0.717, 1.165) is 16.9 Å². The molecule has 2 aromatic carbocycles. The molecule has 8 heteroatoms. The number of hydrazone groups is 1. The average molecular weight is 396 g/mol. The molecule has 0 bridgehead atoms. The van der Waals surface area contributed by atoms with Crippen LogP contribution in [0.2, 0.25) is 0 Å². The van der Waals surface area contributed by atoms with Crippen molar-refractivity contribution >= 4 is 28.6 Å². The lowest BCUT2D eigenvalue weighted by molar-refractivity contribution is 0.0958. The molecule has 3 N–H and O–H groups in total. The molecule has 7 nitrogen and oxygen atoms in total. The van der Waals surface area contributed by atoms with Crippen molar-refractivity contribution in [3.8, 4) is 11.5 Å². The van der Waals surface area contributed by atoms with Crippen LogP contribution in [0.4, 0.5) is 5.13 Å². The summed E-state index contributed by atoms with van der Waals surface area (Å²) in [6, 6.07) is 15.3. The Kier molecular flexibility index (Phi) is 6.23. The first-order valence-corrected chi connectivity index (χ1v) is 9.30. The highest BCUT2D eigenvalue weighted by atomic mass is 32.1. The Morgan fingerprint density at radius 2 is 2.04 bits per heavy atom. The van der Waals surface area contributed by atoms with Gasteiger partial charge in [0.25, 0.3) is 5.91 Å². The second kappa shape index (κ2) is 9.01. The van der Waals surface area contributed by atoms with E-state index < -0.39 is 0 Å². The van der Waals surface area contributed by atoms with Gasteiger partial charge < -0.3 is 15.2 Å². The number of methoxy groups -OCH3 is 1. The van der Waals surface area contributed by atoms with Crippen molar-refractivity contribution in [1.82, 2.24) is 10.4 Å². The van der Waals surface area contributed by atoms with Crippen molar-refractivity contribution in [2.24, 2.45) is 5.10 Å². The van der Waals surface area contributed by atoms with Crippen molar-refractivity contribution in [2.45, 2.75) is 13.5 Å². The Bertz CT molecular complexity index is 986. The summed E-state index contributed by atoms with van der Waals surface area (Å²) >= 11 is 1.12. The summed E-state index contributed by atoms with van der Waals surface area (Å²) in [5.41, 5.74) is 10.4. The van der Waals surface area contributed by atoms with E-state index >= 15 is 0 Å². The smallest absolute Gasteiger partial charge is 0.283 e. The van der Waals surface area contributed by atoms with Crippen LogP contribution in [-0.4, -0.2) is 24.2 Å². The molecule has 0 aliphatic carbocycles. The summed E-state index contributed by atoms with van der Waals surface area (Å²) in [4.78, 5) is 16.7. The van der Waals surface area contributed by atoms with Crippen LogP contribution in [0.3, 0.4) is 0 Å². The predicted octanol–water partition coefficient (Wildman–Crippen LogP) is 3.39. The van der Waals surface area contributed by atoms with Gasteiger partial charge in [-0.1, -0.05) is 47.7 Å². The Morgan fingerprint density at radius 3 is 2.71 bits per heavy atom. The van der Waals surface area contributed by atoms with Crippen molar-refractivity contribution in [3.63, 3.8) is 0 Å². The molecule has 28 heavy (non-hydrogen) atoms. The van der Waals surface area contributed by atoms with Crippen LogP contribution >= 0.6 is 11.3 Å². The number of anilines is 1. The Labute approximate surface area is 166 Å². The quantitative estimate of drug-likeness (QED) is 0.471. The van der Waals surface area contributed by atoms with Crippen molar-refractivity contribution in [2.75, 3.05) is 12.8 Å². The molecule has 0 atom stereocenters. The van der Waals surface area contributed by atoms with Gasteiger partial charge >= 0.3 is 0 Å². The van der Waals surface area contributed by atoms with Crippen LogP contribution < -0.4 is 20.6 Å². The number of carbonyl (C=O) groups is 1. The van der Waals surface area contributed by atoms with Gasteiger partial charge in [-0.15, -0.1) is 0 Å². The number of hydrogen-bond acceptors (Lipinski definition) is 7. The summed E-state index contributed by atoms with van der Waals surface area (Å²) in [6.45, 7) is 2.11. The van der Waals surface area contributed by atoms with Gasteiger partial charge in [-0.3, -0.25) is 4.79 Å². The summed E-state index contributed by atoms with van der Waals surface area (Å²) < 4.78 is 11.4.